The largest absolute Gasteiger partial charge is 0.497 e. The van der Waals surface area contributed by atoms with Gasteiger partial charge < -0.3 is 14.8 Å². The Balaban J connectivity index is 1.76. The summed E-state index contributed by atoms with van der Waals surface area (Å²) in [6.07, 6.45) is -0.114. The quantitative estimate of drug-likeness (QED) is 0.669. The summed E-state index contributed by atoms with van der Waals surface area (Å²) in [6, 6.07) is 12.6. The summed E-state index contributed by atoms with van der Waals surface area (Å²) in [5.74, 6) is 1.01. The van der Waals surface area contributed by atoms with Gasteiger partial charge in [0.25, 0.3) is 5.91 Å². The van der Waals surface area contributed by atoms with Crippen LogP contribution in [0.2, 0.25) is 0 Å². The zero-order valence-electron chi connectivity index (χ0n) is 15.5. The third kappa shape index (κ3) is 4.14. The smallest absolute Gasteiger partial charge is 0.308 e. The van der Waals surface area contributed by atoms with Crippen LogP contribution in [0.5, 0.6) is 11.5 Å². The zero-order chi connectivity index (χ0) is 19.4. The highest BCUT2D eigenvalue weighted by atomic mass is 32.1. The lowest BCUT2D eigenvalue weighted by Gasteiger charge is -2.17. The van der Waals surface area contributed by atoms with Gasteiger partial charge in [-0.1, -0.05) is 24.3 Å². The van der Waals surface area contributed by atoms with Crippen LogP contribution in [0.4, 0.5) is 5.69 Å². The van der Waals surface area contributed by atoms with Crippen LogP contribution in [-0.2, 0) is 11.3 Å². The number of hydrogen-bond acceptors (Lipinski definition) is 5. The van der Waals surface area contributed by atoms with E-state index in [1.807, 2.05) is 38.1 Å². The predicted molar refractivity (Wildman–Crippen MR) is 108 cm³/mol. The van der Waals surface area contributed by atoms with Crippen molar-refractivity contribution in [3.05, 3.63) is 52.1 Å². The number of hydrogen-bond donors (Lipinski definition) is 1. The van der Waals surface area contributed by atoms with Crippen LogP contribution in [-0.4, -0.2) is 23.7 Å². The number of nitrogens with one attached hydrogen (secondary N) is 1. The maximum atomic E-state index is 12.6. The minimum atomic E-state index is -0.633. The summed E-state index contributed by atoms with van der Waals surface area (Å²) in [7, 11) is 1.58. The van der Waals surface area contributed by atoms with Crippen molar-refractivity contribution >= 4 is 33.1 Å². The van der Waals surface area contributed by atoms with E-state index >= 15 is 0 Å². The average molecular weight is 386 g/mol. The van der Waals surface area contributed by atoms with Crippen LogP contribution >= 0.6 is 11.3 Å². The summed E-state index contributed by atoms with van der Waals surface area (Å²) >= 11 is 1.18. The molecule has 1 unspecified atom stereocenters. The molecule has 0 aliphatic carbocycles. The van der Waals surface area contributed by atoms with Gasteiger partial charge in [-0.3, -0.25) is 14.2 Å². The number of carbonyl (C=O) groups is 1. The van der Waals surface area contributed by atoms with Gasteiger partial charge in [0, 0.05) is 18.3 Å². The van der Waals surface area contributed by atoms with Crippen molar-refractivity contribution in [3.63, 3.8) is 0 Å². The second kappa shape index (κ2) is 8.26. The lowest BCUT2D eigenvalue weighted by atomic mass is 10.2. The Morgan fingerprint density at radius 3 is 2.67 bits per heavy atom. The van der Waals surface area contributed by atoms with Crippen molar-refractivity contribution in [2.75, 3.05) is 12.4 Å². The van der Waals surface area contributed by atoms with Crippen molar-refractivity contribution in [1.82, 2.24) is 4.57 Å². The molecule has 0 aliphatic heterocycles. The van der Waals surface area contributed by atoms with Crippen LogP contribution in [0, 0.1) is 0 Å². The minimum Gasteiger partial charge on any atom is -0.497 e. The molecule has 1 aromatic heterocycles. The number of thiazole rings is 1. The number of aromatic nitrogens is 1. The van der Waals surface area contributed by atoms with Gasteiger partial charge in [-0.15, -0.1) is 0 Å². The molecule has 1 amide bonds. The number of fused-ring (bicyclic) bond motifs is 1. The number of rotatable bonds is 7. The average Bonchev–Trinajstić information content (AvgIpc) is 3.00. The molecule has 0 saturated heterocycles. The standard InChI is InChI=1S/C20H22N2O4S/c1-4-17(26-15-8-6-7-14(12-15)25-3)19(23)21-13-9-10-16-18(11-13)27-20(24)22(16)5-2/h6-12,17H,4-5H2,1-3H3,(H,21,23). The first-order chi connectivity index (χ1) is 13.0. The number of methoxy groups -OCH3 is 1. The maximum Gasteiger partial charge on any atom is 0.308 e. The van der Waals surface area contributed by atoms with Gasteiger partial charge in [0.05, 0.1) is 17.3 Å². The van der Waals surface area contributed by atoms with Gasteiger partial charge in [0.15, 0.2) is 6.10 Å². The van der Waals surface area contributed by atoms with Gasteiger partial charge in [-0.05, 0) is 43.7 Å². The number of amides is 1. The van der Waals surface area contributed by atoms with Crippen molar-refractivity contribution in [2.45, 2.75) is 32.9 Å². The van der Waals surface area contributed by atoms with Crippen LogP contribution in [0.15, 0.2) is 47.3 Å². The van der Waals surface area contributed by atoms with E-state index in [1.165, 1.54) is 11.3 Å². The van der Waals surface area contributed by atoms with E-state index in [9.17, 15) is 9.59 Å². The number of benzene rings is 2. The zero-order valence-corrected chi connectivity index (χ0v) is 16.3. The monoisotopic (exact) mass is 386 g/mol. The Kier molecular flexibility index (Phi) is 5.81. The number of carbonyl (C=O) groups excluding carboxylic acids is 1. The van der Waals surface area contributed by atoms with Crippen molar-refractivity contribution in [2.24, 2.45) is 0 Å². The molecule has 3 aromatic rings. The topological polar surface area (TPSA) is 69.6 Å². The molecule has 1 N–H and O–H groups in total. The number of anilines is 1. The maximum absolute atomic E-state index is 12.6. The van der Waals surface area contributed by atoms with E-state index in [2.05, 4.69) is 5.32 Å². The summed E-state index contributed by atoms with van der Waals surface area (Å²) in [6.45, 7) is 4.45. The number of ether oxygens (including phenoxy) is 2. The van der Waals surface area contributed by atoms with Gasteiger partial charge in [-0.25, -0.2) is 0 Å². The summed E-state index contributed by atoms with van der Waals surface area (Å²) in [5.41, 5.74) is 1.52. The molecule has 0 saturated carbocycles. The Bertz CT molecular complexity index is 1010. The number of aryl methyl sites for hydroxylation is 1. The van der Waals surface area contributed by atoms with Crippen LogP contribution < -0.4 is 19.7 Å². The molecule has 142 valence electrons. The Hall–Kier alpha value is -2.80. The van der Waals surface area contributed by atoms with Gasteiger partial charge in [0.2, 0.25) is 0 Å². The van der Waals surface area contributed by atoms with E-state index in [4.69, 9.17) is 9.47 Å². The van der Waals surface area contributed by atoms with Crippen LogP contribution in [0.25, 0.3) is 10.2 Å². The summed E-state index contributed by atoms with van der Waals surface area (Å²) in [4.78, 5) is 24.6. The third-order valence-electron chi connectivity index (χ3n) is 4.23. The molecule has 7 heteroatoms. The predicted octanol–water partition coefficient (Wildman–Crippen LogP) is 3.89. The fraction of sp³-hybridized carbons (Fsp3) is 0.300. The first-order valence-electron chi connectivity index (χ1n) is 8.80. The third-order valence-corrected chi connectivity index (χ3v) is 5.18. The molecule has 0 fully saturated rings. The molecule has 0 bridgehead atoms. The Morgan fingerprint density at radius 1 is 1.19 bits per heavy atom. The normalized spacial score (nSPS) is 12.0. The van der Waals surface area contributed by atoms with Gasteiger partial charge in [-0.2, -0.15) is 0 Å². The lowest BCUT2D eigenvalue weighted by Crippen LogP contribution is -2.32. The second-order valence-corrected chi connectivity index (χ2v) is 6.97. The molecule has 0 spiro atoms. The van der Waals surface area contributed by atoms with Crippen molar-refractivity contribution in [3.8, 4) is 11.5 Å². The Morgan fingerprint density at radius 2 is 1.96 bits per heavy atom. The molecular formula is C20H22N2O4S. The minimum absolute atomic E-state index is 0.00349. The molecule has 6 nitrogen and oxygen atoms in total. The number of nitrogens with zero attached hydrogens (tertiary/aromatic N) is 1. The molecular weight excluding hydrogens is 364 g/mol. The van der Waals surface area contributed by atoms with Gasteiger partial charge >= 0.3 is 4.87 Å². The molecule has 27 heavy (non-hydrogen) atoms. The van der Waals surface area contributed by atoms with Crippen LogP contribution in [0.3, 0.4) is 0 Å². The highest BCUT2D eigenvalue weighted by molar-refractivity contribution is 7.16. The molecule has 1 atom stereocenters. The summed E-state index contributed by atoms with van der Waals surface area (Å²) < 4.78 is 13.6. The second-order valence-electron chi connectivity index (χ2n) is 5.98. The van der Waals surface area contributed by atoms with E-state index in [0.717, 1.165) is 10.2 Å². The first-order valence-corrected chi connectivity index (χ1v) is 9.62. The molecule has 0 aliphatic rings. The van der Waals surface area contributed by atoms with Crippen molar-refractivity contribution in [1.29, 1.82) is 0 Å². The molecule has 2 aromatic carbocycles. The van der Waals surface area contributed by atoms with E-state index in [1.54, 1.807) is 29.9 Å². The summed E-state index contributed by atoms with van der Waals surface area (Å²) in [5, 5.41) is 2.88. The Labute approximate surface area is 161 Å². The van der Waals surface area contributed by atoms with E-state index in [-0.39, 0.29) is 10.8 Å². The highest BCUT2D eigenvalue weighted by Crippen LogP contribution is 2.23. The van der Waals surface area contributed by atoms with E-state index in [0.29, 0.717) is 30.2 Å². The molecule has 0 radical (unpaired) electrons. The lowest BCUT2D eigenvalue weighted by molar-refractivity contribution is -0.122. The first kappa shape index (κ1) is 19.0. The fourth-order valence-corrected chi connectivity index (χ4v) is 3.82. The van der Waals surface area contributed by atoms with E-state index < -0.39 is 6.10 Å². The fourth-order valence-electron chi connectivity index (χ4n) is 2.83. The van der Waals surface area contributed by atoms with Crippen LogP contribution in [0.1, 0.15) is 20.3 Å². The van der Waals surface area contributed by atoms with Crippen molar-refractivity contribution < 1.29 is 14.3 Å². The molecule has 1 heterocycles. The highest BCUT2D eigenvalue weighted by Gasteiger charge is 2.19. The van der Waals surface area contributed by atoms with Gasteiger partial charge in [0.1, 0.15) is 11.5 Å². The SMILES string of the molecule is CCC(Oc1cccc(OC)c1)C(=O)Nc1ccc2c(c1)sc(=O)n2CC. The molecule has 3 rings (SSSR count).